The molecule has 2 heterocycles. The number of hydrogen-bond acceptors (Lipinski definition) is 7. The molecular weight excluding hydrogens is 304 g/mol. The quantitative estimate of drug-likeness (QED) is 0.408. The highest BCUT2D eigenvalue weighted by Crippen LogP contribution is 2.26. The molecule has 5 N–H and O–H groups in total. The minimum absolute atomic E-state index is 0.0408. The van der Waals surface area contributed by atoms with Gasteiger partial charge < -0.3 is 35.0 Å². The maximum Gasteiger partial charge on any atom is 0.111 e. The molecule has 0 aromatic heterocycles. The Kier molecular flexibility index (Phi) is 7.21. The monoisotopic (exact) mass is 334 g/mol. The van der Waals surface area contributed by atoms with Crippen LogP contribution in [0.15, 0.2) is 0 Å². The van der Waals surface area contributed by atoms with Crippen LogP contribution in [0.4, 0.5) is 0 Å². The first-order valence-corrected chi connectivity index (χ1v) is 8.58. The van der Waals surface area contributed by atoms with E-state index in [2.05, 4.69) is 0 Å². The highest BCUT2D eigenvalue weighted by Gasteiger charge is 2.41. The summed E-state index contributed by atoms with van der Waals surface area (Å²) >= 11 is 0. The van der Waals surface area contributed by atoms with E-state index < -0.39 is 42.7 Å². The number of aliphatic hydroxyl groups excluding tert-OH is 5. The van der Waals surface area contributed by atoms with E-state index in [0.29, 0.717) is 12.8 Å². The summed E-state index contributed by atoms with van der Waals surface area (Å²) in [5.74, 6) is 0. The second-order valence-corrected chi connectivity index (χ2v) is 6.76. The SMILES string of the molecule is C[C@@H]1O[C@@H](CCCC[C@H]2CC[C@H](O)[C@@H](CO)O2)[C@@H](O)[C@H](O)[C@@H]1O. The van der Waals surface area contributed by atoms with Crippen molar-refractivity contribution < 1.29 is 35.0 Å². The standard InChI is InChI=1S/C16H30O7/c1-9-14(19)16(21)15(20)12(22-9)5-3-2-4-10-6-7-11(18)13(8-17)23-10/h9-21H,2-8H2,1H3/t9-,10-,11-,12-,13+,14+,15+,16+/m0/s1. The maximum atomic E-state index is 9.95. The van der Waals surface area contributed by atoms with E-state index in [-0.39, 0.29) is 12.7 Å². The highest BCUT2D eigenvalue weighted by molar-refractivity contribution is 4.90. The molecule has 0 aromatic rings. The fraction of sp³-hybridized carbons (Fsp3) is 1.00. The van der Waals surface area contributed by atoms with Gasteiger partial charge in [-0.3, -0.25) is 0 Å². The first-order valence-electron chi connectivity index (χ1n) is 8.58. The number of unbranched alkanes of at least 4 members (excludes halogenated alkanes) is 1. The Balaban J connectivity index is 1.67. The largest absolute Gasteiger partial charge is 0.394 e. The minimum Gasteiger partial charge on any atom is -0.394 e. The van der Waals surface area contributed by atoms with Gasteiger partial charge in [0.25, 0.3) is 0 Å². The lowest BCUT2D eigenvalue weighted by Crippen LogP contribution is -2.56. The van der Waals surface area contributed by atoms with E-state index in [1.54, 1.807) is 6.92 Å². The zero-order valence-corrected chi connectivity index (χ0v) is 13.6. The molecule has 0 saturated carbocycles. The highest BCUT2D eigenvalue weighted by atomic mass is 16.5. The van der Waals surface area contributed by atoms with E-state index in [9.17, 15) is 20.4 Å². The Hall–Kier alpha value is -0.280. The summed E-state index contributed by atoms with van der Waals surface area (Å²) in [7, 11) is 0. The first-order chi connectivity index (χ1) is 10.9. The number of hydrogen-bond donors (Lipinski definition) is 5. The van der Waals surface area contributed by atoms with Crippen LogP contribution in [0, 0.1) is 0 Å². The average molecular weight is 334 g/mol. The van der Waals surface area contributed by atoms with Crippen molar-refractivity contribution in [2.75, 3.05) is 6.61 Å². The van der Waals surface area contributed by atoms with Gasteiger partial charge in [0.1, 0.15) is 24.4 Å². The molecule has 0 aliphatic carbocycles. The van der Waals surface area contributed by atoms with Gasteiger partial charge in [-0.1, -0.05) is 12.8 Å². The zero-order valence-electron chi connectivity index (χ0n) is 13.6. The van der Waals surface area contributed by atoms with Gasteiger partial charge >= 0.3 is 0 Å². The van der Waals surface area contributed by atoms with E-state index in [1.165, 1.54) is 0 Å². The van der Waals surface area contributed by atoms with Gasteiger partial charge in [-0.25, -0.2) is 0 Å². The van der Waals surface area contributed by atoms with Crippen LogP contribution in [0.25, 0.3) is 0 Å². The zero-order chi connectivity index (χ0) is 17.0. The molecule has 7 heteroatoms. The number of aliphatic hydroxyl groups is 5. The van der Waals surface area contributed by atoms with Crippen LogP contribution in [0.2, 0.25) is 0 Å². The van der Waals surface area contributed by atoms with Gasteiger partial charge in [-0.05, 0) is 32.6 Å². The summed E-state index contributed by atoms with van der Waals surface area (Å²) in [4.78, 5) is 0. The number of ether oxygens (including phenoxy) is 2. The number of rotatable bonds is 6. The molecule has 0 amide bonds. The van der Waals surface area contributed by atoms with Crippen LogP contribution in [0.5, 0.6) is 0 Å². The molecule has 2 aliphatic heterocycles. The van der Waals surface area contributed by atoms with Crippen molar-refractivity contribution in [2.24, 2.45) is 0 Å². The molecular formula is C16H30O7. The lowest BCUT2D eigenvalue weighted by atomic mass is 9.92. The van der Waals surface area contributed by atoms with Gasteiger partial charge in [0.05, 0.1) is 31.0 Å². The molecule has 0 unspecified atom stereocenters. The van der Waals surface area contributed by atoms with Gasteiger partial charge in [0.2, 0.25) is 0 Å². The van der Waals surface area contributed by atoms with Gasteiger partial charge in [-0.15, -0.1) is 0 Å². The van der Waals surface area contributed by atoms with Crippen LogP contribution in [-0.4, -0.2) is 81.0 Å². The van der Waals surface area contributed by atoms with Crippen LogP contribution in [0.3, 0.4) is 0 Å². The molecule has 0 bridgehead atoms. The van der Waals surface area contributed by atoms with Crippen molar-refractivity contribution in [1.82, 2.24) is 0 Å². The third kappa shape index (κ3) is 4.85. The lowest BCUT2D eigenvalue weighted by molar-refractivity contribution is -0.218. The molecule has 8 atom stereocenters. The maximum absolute atomic E-state index is 9.95. The second kappa shape index (κ2) is 8.71. The minimum atomic E-state index is -1.17. The molecule has 0 spiro atoms. The van der Waals surface area contributed by atoms with Crippen molar-refractivity contribution in [1.29, 1.82) is 0 Å². The van der Waals surface area contributed by atoms with E-state index >= 15 is 0 Å². The summed E-state index contributed by atoms with van der Waals surface area (Å²) in [6.07, 6.45) is -0.760. The Morgan fingerprint density at radius 1 is 0.826 bits per heavy atom. The molecule has 2 fully saturated rings. The topological polar surface area (TPSA) is 120 Å². The smallest absolute Gasteiger partial charge is 0.111 e. The van der Waals surface area contributed by atoms with E-state index in [4.69, 9.17) is 14.6 Å². The molecule has 2 aliphatic rings. The molecule has 23 heavy (non-hydrogen) atoms. The van der Waals surface area contributed by atoms with Gasteiger partial charge in [0, 0.05) is 0 Å². The summed E-state index contributed by atoms with van der Waals surface area (Å²) in [5, 5.41) is 48.2. The predicted octanol–water partition coefficient (Wildman–Crippen LogP) is -0.682. The first kappa shape index (κ1) is 19.1. The third-order valence-electron chi connectivity index (χ3n) is 4.98. The van der Waals surface area contributed by atoms with Crippen LogP contribution < -0.4 is 0 Å². The Morgan fingerprint density at radius 2 is 1.52 bits per heavy atom. The molecule has 7 nitrogen and oxygen atoms in total. The van der Waals surface area contributed by atoms with Crippen molar-refractivity contribution in [3.63, 3.8) is 0 Å². The lowest BCUT2D eigenvalue weighted by Gasteiger charge is -2.39. The third-order valence-corrected chi connectivity index (χ3v) is 4.98. The Labute approximate surface area is 136 Å². The van der Waals surface area contributed by atoms with E-state index in [0.717, 1.165) is 25.7 Å². The normalized spacial score (nSPS) is 45.1. The Bertz CT molecular complexity index is 353. The van der Waals surface area contributed by atoms with Gasteiger partial charge in [-0.2, -0.15) is 0 Å². The fourth-order valence-electron chi connectivity index (χ4n) is 3.42. The fourth-order valence-corrected chi connectivity index (χ4v) is 3.42. The molecule has 136 valence electrons. The molecule has 0 aromatic carbocycles. The molecule has 2 saturated heterocycles. The van der Waals surface area contributed by atoms with Crippen molar-refractivity contribution in [3.8, 4) is 0 Å². The van der Waals surface area contributed by atoms with Crippen molar-refractivity contribution in [2.45, 2.75) is 94.3 Å². The molecule has 0 radical (unpaired) electrons. The predicted molar refractivity (Wildman–Crippen MR) is 81.8 cm³/mol. The molecule has 2 rings (SSSR count). The summed E-state index contributed by atoms with van der Waals surface area (Å²) in [6.45, 7) is 1.51. The average Bonchev–Trinajstić information content (AvgIpc) is 2.55. The van der Waals surface area contributed by atoms with Crippen molar-refractivity contribution in [3.05, 3.63) is 0 Å². The van der Waals surface area contributed by atoms with Crippen LogP contribution in [0.1, 0.15) is 45.4 Å². The summed E-state index contributed by atoms with van der Waals surface area (Å²) < 4.78 is 11.2. The summed E-state index contributed by atoms with van der Waals surface area (Å²) in [5.41, 5.74) is 0. The van der Waals surface area contributed by atoms with Crippen LogP contribution >= 0.6 is 0 Å². The van der Waals surface area contributed by atoms with E-state index in [1.807, 2.05) is 0 Å². The Morgan fingerprint density at radius 3 is 2.22 bits per heavy atom. The summed E-state index contributed by atoms with van der Waals surface area (Å²) in [6, 6.07) is 0. The van der Waals surface area contributed by atoms with Crippen molar-refractivity contribution >= 4 is 0 Å². The second-order valence-electron chi connectivity index (χ2n) is 6.76. The van der Waals surface area contributed by atoms with Crippen LogP contribution in [-0.2, 0) is 9.47 Å². The van der Waals surface area contributed by atoms with Gasteiger partial charge in [0.15, 0.2) is 0 Å².